The second-order valence-corrected chi connectivity index (χ2v) is 8.54. The minimum atomic E-state index is -0.760. The lowest BCUT2D eigenvalue weighted by molar-refractivity contribution is -0.384. The fourth-order valence-electron chi connectivity index (χ4n) is 4.25. The number of non-ortho nitro benzene ring substituents is 1. The summed E-state index contributed by atoms with van der Waals surface area (Å²) in [6, 6.07) is 4.93. The lowest BCUT2D eigenvalue weighted by Crippen LogP contribution is -2.56. The van der Waals surface area contributed by atoms with E-state index in [1.54, 1.807) is 11.8 Å². The van der Waals surface area contributed by atoms with Gasteiger partial charge in [0.15, 0.2) is 0 Å². The molecular weight excluding hydrogens is 414 g/mol. The van der Waals surface area contributed by atoms with Crippen LogP contribution in [0, 0.1) is 10.1 Å². The van der Waals surface area contributed by atoms with Crippen LogP contribution in [0.1, 0.15) is 43.5 Å². The van der Waals surface area contributed by atoms with E-state index in [9.17, 15) is 24.5 Å². The summed E-state index contributed by atoms with van der Waals surface area (Å²) in [6.07, 6.45) is 3.27. The number of likely N-dealkylation sites (tertiary alicyclic amines) is 1. The van der Waals surface area contributed by atoms with E-state index in [4.69, 9.17) is 0 Å². The van der Waals surface area contributed by atoms with Crippen LogP contribution in [0.25, 0.3) is 0 Å². The van der Waals surface area contributed by atoms with Crippen molar-refractivity contribution in [3.8, 4) is 0 Å². The summed E-state index contributed by atoms with van der Waals surface area (Å²) < 4.78 is 0. The summed E-state index contributed by atoms with van der Waals surface area (Å²) in [5.41, 5.74) is -0.0460. The molecule has 10 nitrogen and oxygen atoms in total. The number of nitrogens with one attached hydrogen (secondary N) is 1. The van der Waals surface area contributed by atoms with Crippen LogP contribution in [0.15, 0.2) is 24.3 Å². The smallest absolute Gasteiger partial charge is 0.270 e. The number of amides is 3. The quantitative estimate of drug-likeness (QED) is 0.521. The fourth-order valence-corrected chi connectivity index (χ4v) is 4.25. The van der Waals surface area contributed by atoms with Gasteiger partial charge < -0.3 is 15.1 Å². The highest BCUT2D eigenvalue weighted by Crippen LogP contribution is 2.17. The van der Waals surface area contributed by atoms with E-state index in [1.165, 1.54) is 30.7 Å². The second kappa shape index (κ2) is 10.5. The van der Waals surface area contributed by atoms with Crippen molar-refractivity contribution in [2.75, 3.05) is 39.3 Å². The van der Waals surface area contributed by atoms with Crippen LogP contribution < -0.4 is 5.32 Å². The van der Waals surface area contributed by atoms with Crippen molar-refractivity contribution in [3.05, 3.63) is 39.9 Å². The Balaban J connectivity index is 1.47. The molecule has 174 valence electrons. The molecule has 1 aromatic carbocycles. The highest BCUT2D eigenvalue weighted by atomic mass is 16.6. The molecule has 2 aliphatic heterocycles. The van der Waals surface area contributed by atoms with E-state index < -0.39 is 16.9 Å². The number of carbonyl (C=O) groups excluding carboxylic acids is 3. The van der Waals surface area contributed by atoms with Gasteiger partial charge in [-0.1, -0.05) is 6.07 Å². The zero-order valence-electron chi connectivity index (χ0n) is 18.7. The van der Waals surface area contributed by atoms with Gasteiger partial charge in [0, 0.05) is 56.5 Å². The van der Waals surface area contributed by atoms with E-state index >= 15 is 0 Å². The molecule has 2 atom stereocenters. The maximum absolute atomic E-state index is 12.8. The average molecular weight is 446 g/mol. The molecule has 0 spiro atoms. The molecule has 1 aromatic rings. The van der Waals surface area contributed by atoms with Gasteiger partial charge >= 0.3 is 0 Å². The number of nitro groups is 1. The summed E-state index contributed by atoms with van der Waals surface area (Å²) >= 11 is 0. The molecule has 2 aliphatic rings. The zero-order chi connectivity index (χ0) is 23.3. The number of piperidine rings is 1. The molecule has 2 heterocycles. The molecule has 3 amide bonds. The van der Waals surface area contributed by atoms with Gasteiger partial charge in [0.05, 0.1) is 11.5 Å². The highest BCUT2D eigenvalue weighted by molar-refractivity contribution is 5.97. The Morgan fingerprint density at radius 3 is 2.53 bits per heavy atom. The number of carbonyl (C=O) groups is 3. The molecule has 0 aliphatic carbocycles. The summed E-state index contributed by atoms with van der Waals surface area (Å²) in [7, 11) is 0. The van der Waals surface area contributed by atoms with Gasteiger partial charge in [-0.2, -0.15) is 0 Å². The molecular formula is C22H31N5O5. The van der Waals surface area contributed by atoms with Crippen LogP contribution in [0.5, 0.6) is 0 Å². The molecule has 0 aromatic heterocycles. The molecule has 1 N–H and O–H groups in total. The maximum Gasteiger partial charge on any atom is 0.270 e. The molecule has 2 unspecified atom stereocenters. The van der Waals surface area contributed by atoms with Crippen molar-refractivity contribution in [3.63, 3.8) is 0 Å². The molecule has 3 rings (SSSR count). The number of nitro benzene ring substituents is 1. The van der Waals surface area contributed by atoms with Crippen LogP contribution in [0.2, 0.25) is 0 Å². The molecule has 32 heavy (non-hydrogen) atoms. The summed E-state index contributed by atoms with van der Waals surface area (Å²) in [5.74, 6) is -0.594. The predicted octanol–water partition coefficient (Wildman–Crippen LogP) is 1.26. The van der Waals surface area contributed by atoms with Crippen LogP contribution in [0.4, 0.5) is 5.69 Å². The van der Waals surface area contributed by atoms with E-state index in [0.29, 0.717) is 32.7 Å². The SMILES string of the molecule is CC(NC(=O)c1cccc([N+](=O)[O-])c1)C(=O)N1CCN(CC(=O)N2CCCCC2C)CC1. The Kier molecular flexibility index (Phi) is 7.79. The third-order valence-corrected chi connectivity index (χ3v) is 6.20. The van der Waals surface area contributed by atoms with Gasteiger partial charge in [-0.3, -0.25) is 29.4 Å². The average Bonchev–Trinajstić information content (AvgIpc) is 2.79. The topological polar surface area (TPSA) is 116 Å². The predicted molar refractivity (Wildman–Crippen MR) is 118 cm³/mol. The minimum absolute atomic E-state index is 0.133. The number of nitrogens with zero attached hydrogens (tertiary/aromatic N) is 4. The third-order valence-electron chi connectivity index (χ3n) is 6.20. The first-order valence-corrected chi connectivity index (χ1v) is 11.1. The first kappa shape index (κ1) is 23.6. The van der Waals surface area contributed by atoms with Gasteiger partial charge in [-0.25, -0.2) is 0 Å². The molecule has 10 heteroatoms. The Bertz CT molecular complexity index is 868. The van der Waals surface area contributed by atoms with Gasteiger partial charge in [0.1, 0.15) is 6.04 Å². The van der Waals surface area contributed by atoms with Crippen molar-refractivity contribution < 1.29 is 19.3 Å². The van der Waals surface area contributed by atoms with Crippen molar-refractivity contribution in [1.29, 1.82) is 0 Å². The fraction of sp³-hybridized carbons (Fsp3) is 0.591. The lowest BCUT2D eigenvalue weighted by Gasteiger charge is -2.38. The van der Waals surface area contributed by atoms with E-state index in [1.807, 2.05) is 4.90 Å². The van der Waals surface area contributed by atoms with Crippen LogP contribution >= 0.6 is 0 Å². The Hall–Kier alpha value is -3.01. The van der Waals surface area contributed by atoms with Gasteiger partial charge in [0.25, 0.3) is 11.6 Å². The normalized spacial score (nSPS) is 20.5. The van der Waals surface area contributed by atoms with E-state index in [-0.39, 0.29) is 29.1 Å². The molecule has 0 radical (unpaired) electrons. The van der Waals surface area contributed by atoms with Crippen molar-refractivity contribution in [2.24, 2.45) is 0 Å². The Morgan fingerprint density at radius 2 is 1.88 bits per heavy atom. The summed E-state index contributed by atoms with van der Waals surface area (Å²) in [5, 5.41) is 13.5. The van der Waals surface area contributed by atoms with Gasteiger partial charge in [0.2, 0.25) is 11.8 Å². The van der Waals surface area contributed by atoms with E-state index in [2.05, 4.69) is 17.1 Å². The largest absolute Gasteiger partial charge is 0.341 e. The zero-order valence-corrected chi connectivity index (χ0v) is 18.7. The molecule has 0 saturated carbocycles. The van der Waals surface area contributed by atoms with Crippen molar-refractivity contribution in [2.45, 2.75) is 45.2 Å². The van der Waals surface area contributed by atoms with Crippen LogP contribution in [-0.4, -0.2) is 88.7 Å². The number of hydrogen-bond donors (Lipinski definition) is 1. The molecule has 2 saturated heterocycles. The monoisotopic (exact) mass is 445 g/mol. The minimum Gasteiger partial charge on any atom is -0.341 e. The van der Waals surface area contributed by atoms with Crippen molar-refractivity contribution >= 4 is 23.4 Å². The Morgan fingerprint density at radius 1 is 1.16 bits per heavy atom. The molecule has 2 fully saturated rings. The third kappa shape index (κ3) is 5.82. The number of piperazine rings is 1. The second-order valence-electron chi connectivity index (χ2n) is 8.54. The van der Waals surface area contributed by atoms with E-state index in [0.717, 1.165) is 19.4 Å². The highest BCUT2D eigenvalue weighted by Gasteiger charge is 2.29. The maximum atomic E-state index is 12.8. The first-order chi connectivity index (χ1) is 15.3. The molecule has 0 bridgehead atoms. The van der Waals surface area contributed by atoms with Gasteiger partial charge in [-0.05, 0) is 39.2 Å². The standard InChI is InChI=1S/C22H31N5O5/c1-16-6-3-4-9-26(16)20(28)15-24-10-12-25(13-11-24)22(30)17(2)23-21(29)18-7-5-8-19(14-18)27(31)32/h5,7-8,14,16-17H,3-4,6,9-13,15H2,1-2H3,(H,23,29). The number of rotatable bonds is 6. The van der Waals surface area contributed by atoms with Crippen molar-refractivity contribution in [1.82, 2.24) is 20.0 Å². The first-order valence-electron chi connectivity index (χ1n) is 11.1. The van der Waals surface area contributed by atoms with Crippen LogP contribution in [0.3, 0.4) is 0 Å². The van der Waals surface area contributed by atoms with Crippen LogP contribution in [-0.2, 0) is 9.59 Å². The van der Waals surface area contributed by atoms with Gasteiger partial charge in [-0.15, -0.1) is 0 Å². The summed E-state index contributed by atoms with van der Waals surface area (Å²) in [4.78, 5) is 53.9. The number of hydrogen-bond acceptors (Lipinski definition) is 6. The number of benzene rings is 1. The Labute approximate surface area is 187 Å². The lowest BCUT2D eigenvalue weighted by atomic mass is 10.0. The summed E-state index contributed by atoms with van der Waals surface area (Å²) in [6.45, 7) is 7.06.